The van der Waals surface area contributed by atoms with E-state index in [1.165, 1.54) is 12.3 Å². The van der Waals surface area contributed by atoms with Crippen molar-refractivity contribution in [3.8, 4) is 0 Å². The molecular formula is C10H12Cl2N2O2. The number of pyridine rings is 1. The third-order valence-electron chi connectivity index (χ3n) is 1.74. The van der Waals surface area contributed by atoms with Gasteiger partial charge >= 0.3 is 0 Å². The van der Waals surface area contributed by atoms with Crippen molar-refractivity contribution in [2.45, 2.75) is 19.4 Å². The van der Waals surface area contributed by atoms with Gasteiger partial charge < -0.3 is 10.4 Å². The molecule has 0 aromatic carbocycles. The van der Waals surface area contributed by atoms with Crippen molar-refractivity contribution in [2.24, 2.45) is 0 Å². The SMILES string of the molecule is CC(C)(O)CNC(=O)c1cnc(Cl)c(Cl)c1. The molecular weight excluding hydrogens is 251 g/mol. The van der Waals surface area contributed by atoms with Gasteiger partial charge in [0, 0.05) is 12.7 Å². The summed E-state index contributed by atoms with van der Waals surface area (Å²) in [6.45, 7) is 3.34. The van der Waals surface area contributed by atoms with Crippen LogP contribution in [0.4, 0.5) is 0 Å². The first kappa shape index (κ1) is 13.2. The van der Waals surface area contributed by atoms with E-state index >= 15 is 0 Å². The van der Waals surface area contributed by atoms with E-state index in [0.29, 0.717) is 5.56 Å². The Morgan fingerprint density at radius 3 is 2.69 bits per heavy atom. The number of aromatic nitrogens is 1. The van der Waals surface area contributed by atoms with Gasteiger partial charge in [0.1, 0.15) is 5.15 Å². The summed E-state index contributed by atoms with van der Waals surface area (Å²) < 4.78 is 0. The summed E-state index contributed by atoms with van der Waals surface area (Å²) >= 11 is 11.3. The summed E-state index contributed by atoms with van der Waals surface area (Å²) in [4.78, 5) is 15.3. The Morgan fingerprint density at radius 1 is 1.56 bits per heavy atom. The van der Waals surface area contributed by atoms with E-state index in [0.717, 1.165) is 0 Å². The lowest BCUT2D eigenvalue weighted by Crippen LogP contribution is -2.38. The van der Waals surface area contributed by atoms with E-state index < -0.39 is 5.60 Å². The molecule has 0 fully saturated rings. The van der Waals surface area contributed by atoms with Crippen LogP contribution in [0.1, 0.15) is 24.2 Å². The van der Waals surface area contributed by atoms with Crippen LogP contribution in [0.15, 0.2) is 12.3 Å². The molecule has 0 atom stereocenters. The first-order valence-corrected chi connectivity index (χ1v) is 5.37. The summed E-state index contributed by atoms with van der Waals surface area (Å²) in [6, 6.07) is 1.43. The number of rotatable bonds is 3. The van der Waals surface area contributed by atoms with E-state index in [-0.39, 0.29) is 22.6 Å². The number of nitrogens with one attached hydrogen (secondary N) is 1. The van der Waals surface area contributed by atoms with Crippen LogP contribution >= 0.6 is 23.2 Å². The lowest BCUT2D eigenvalue weighted by molar-refractivity contribution is 0.0694. The highest BCUT2D eigenvalue weighted by molar-refractivity contribution is 6.41. The molecule has 1 rings (SSSR count). The van der Waals surface area contributed by atoms with Gasteiger partial charge in [0.2, 0.25) is 0 Å². The molecule has 2 N–H and O–H groups in total. The number of carbonyl (C=O) groups excluding carboxylic acids is 1. The van der Waals surface area contributed by atoms with Crippen molar-refractivity contribution in [1.82, 2.24) is 10.3 Å². The molecule has 1 amide bonds. The summed E-state index contributed by atoms with van der Waals surface area (Å²) in [6.07, 6.45) is 1.33. The van der Waals surface area contributed by atoms with Crippen LogP contribution in [0.2, 0.25) is 10.2 Å². The number of nitrogens with zero attached hydrogens (tertiary/aromatic N) is 1. The predicted octanol–water partition coefficient (Wildman–Crippen LogP) is 1.89. The Labute approximate surface area is 104 Å². The number of hydrogen-bond donors (Lipinski definition) is 2. The minimum Gasteiger partial charge on any atom is -0.389 e. The smallest absolute Gasteiger partial charge is 0.253 e. The van der Waals surface area contributed by atoms with Gasteiger partial charge in [-0.1, -0.05) is 23.2 Å². The third kappa shape index (κ3) is 3.96. The zero-order chi connectivity index (χ0) is 12.3. The number of hydrogen-bond acceptors (Lipinski definition) is 3. The second-order valence-electron chi connectivity index (χ2n) is 3.99. The molecule has 0 aliphatic rings. The molecule has 6 heteroatoms. The largest absolute Gasteiger partial charge is 0.389 e. The summed E-state index contributed by atoms with van der Waals surface area (Å²) in [5, 5.41) is 12.4. The maximum atomic E-state index is 11.6. The topological polar surface area (TPSA) is 62.2 Å². The van der Waals surface area contributed by atoms with Gasteiger partial charge in [-0.25, -0.2) is 4.98 Å². The molecule has 1 aromatic rings. The predicted molar refractivity (Wildman–Crippen MR) is 62.9 cm³/mol. The van der Waals surface area contributed by atoms with Gasteiger partial charge in [0.05, 0.1) is 16.2 Å². The lowest BCUT2D eigenvalue weighted by atomic mass is 10.1. The zero-order valence-corrected chi connectivity index (χ0v) is 10.4. The van der Waals surface area contributed by atoms with E-state index in [1.54, 1.807) is 13.8 Å². The minimum absolute atomic E-state index is 0.145. The van der Waals surface area contributed by atoms with Crippen LogP contribution < -0.4 is 5.32 Å². The first-order valence-electron chi connectivity index (χ1n) is 4.61. The summed E-state index contributed by atoms with van der Waals surface area (Å²) in [5.41, 5.74) is -0.655. The highest BCUT2D eigenvalue weighted by Gasteiger charge is 2.15. The van der Waals surface area contributed by atoms with E-state index in [2.05, 4.69) is 10.3 Å². The maximum Gasteiger partial charge on any atom is 0.253 e. The highest BCUT2D eigenvalue weighted by Crippen LogP contribution is 2.19. The Bertz CT molecular complexity index is 402. The molecule has 16 heavy (non-hydrogen) atoms. The molecule has 4 nitrogen and oxygen atoms in total. The van der Waals surface area contributed by atoms with Crippen LogP contribution in [0.5, 0.6) is 0 Å². The van der Waals surface area contributed by atoms with Gasteiger partial charge in [-0.2, -0.15) is 0 Å². The van der Waals surface area contributed by atoms with Crippen molar-refractivity contribution in [3.63, 3.8) is 0 Å². The standard InChI is InChI=1S/C10H12Cl2N2O2/c1-10(2,16)5-14-9(15)6-3-7(11)8(12)13-4-6/h3-4,16H,5H2,1-2H3,(H,14,15). The zero-order valence-electron chi connectivity index (χ0n) is 8.92. The van der Waals surface area contributed by atoms with Crippen LogP contribution in [0.25, 0.3) is 0 Å². The molecule has 0 radical (unpaired) electrons. The average molecular weight is 263 g/mol. The Balaban J connectivity index is 2.70. The van der Waals surface area contributed by atoms with Crippen molar-refractivity contribution in [2.75, 3.05) is 6.54 Å². The number of amides is 1. The fourth-order valence-corrected chi connectivity index (χ4v) is 1.21. The molecule has 0 saturated heterocycles. The lowest BCUT2D eigenvalue weighted by Gasteiger charge is -2.17. The Kier molecular flexibility index (Phi) is 4.13. The molecule has 1 heterocycles. The Hall–Kier alpha value is -0.840. The van der Waals surface area contributed by atoms with Gasteiger partial charge in [-0.3, -0.25) is 4.79 Å². The van der Waals surface area contributed by atoms with Gasteiger partial charge in [-0.15, -0.1) is 0 Å². The second kappa shape index (κ2) is 4.99. The maximum absolute atomic E-state index is 11.6. The van der Waals surface area contributed by atoms with Crippen LogP contribution in [0.3, 0.4) is 0 Å². The van der Waals surface area contributed by atoms with Crippen LogP contribution in [-0.2, 0) is 0 Å². The first-order chi connectivity index (χ1) is 7.29. The van der Waals surface area contributed by atoms with E-state index in [4.69, 9.17) is 23.2 Å². The molecule has 0 saturated carbocycles. The van der Waals surface area contributed by atoms with Crippen molar-refractivity contribution >= 4 is 29.1 Å². The molecule has 1 aromatic heterocycles. The van der Waals surface area contributed by atoms with Crippen molar-refractivity contribution in [3.05, 3.63) is 28.0 Å². The van der Waals surface area contributed by atoms with E-state index in [1.807, 2.05) is 0 Å². The molecule has 0 aliphatic carbocycles. The van der Waals surface area contributed by atoms with Gasteiger partial charge in [-0.05, 0) is 19.9 Å². The average Bonchev–Trinajstić information content (AvgIpc) is 2.17. The normalized spacial score (nSPS) is 11.3. The van der Waals surface area contributed by atoms with Gasteiger partial charge in [0.25, 0.3) is 5.91 Å². The minimum atomic E-state index is -0.959. The number of halogens is 2. The van der Waals surface area contributed by atoms with Crippen LogP contribution in [-0.4, -0.2) is 28.1 Å². The van der Waals surface area contributed by atoms with Gasteiger partial charge in [0.15, 0.2) is 0 Å². The van der Waals surface area contributed by atoms with E-state index in [9.17, 15) is 9.90 Å². The van der Waals surface area contributed by atoms with Crippen molar-refractivity contribution < 1.29 is 9.90 Å². The second-order valence-corrected chi connectivity index (χ2v) is 4.76. The molecule has 0 bridgehead atoms. The molecule has 88 valence electrons. The highest BCUT2D eigenvalue weighted by atomic mass is 35.5. The summed E-state index contributed by atoms with van der Waals surface area (Å²) in [5.74, 6) is -0.354. The molecule has 0 unspecified atom stereocenters. The molecule has 0 aliphatic heterocycles. The Morgan fingerprint density at radius 2 is 2.19 bits per heavy atom. The number of aliphatic hydroxyl groups is 1. The number of carbonyl (C=O) groups is 1. The molecule has 0 spiro atoms. The van der Waals surface area contributed by atoms with Crippen molar-refractivity contribution in [1.29, 1.82) is 0 Å². The van der Waals surface area contributed by atoms with Crippen LogP contribution in [0, 0.1) is 0 Å². The fourth-order valence-electron chi connectivity index (χ4n) is 0.944. The quantitative estimate of drug-likeness (QED) is 0.818. The monoisotopic (exact) mass is 262 g/mol. The third-order valence-corrected chi connectivity index (χ3v) is 2.43. The fraction of sp³-hybridized carbons (Fsp3) is 0.400. The summed E-state index contributed by atoms with van der Waals surface area (Å²) in [7, 11) is 0.